The molecule has 0 N–H and O–H groups in total. The van der Waals surface area contributed by atoms with Gasteiger partial charge in [-0.3, -0.25) is 4.79 Å². The van der Waals surface area contributed by atoms with Crippen LogP contribution in [0.3, 0.4) is 0 Å². The van der Waals surface area contributed by atoms with Crippen molar-refractivity contribution >= 4 is 11.9 Å². The van der Waals surface area contributed by atoms with E-state index in [1.54, 1.807) is 0 Å². The fraction of sp³-hybridized carbons (Fsp3) is 0.647. The lowest BCUT2D eigenvalue weighted by Crippen LogP contribution is -2.40. The minimum Gasteiger partial charge on any atom is -0.458 e. The van der Waals surface area contributed by atoms with Crippen molar-refractivity contribution in [2.75, 3.05) is 0 Å². The van der Waals surface area contributed by atoms with Crippen LogP contribution in [0, 0.1) is 17.8 Å². The van der Waals surface area contributed by atoms with E-state index in [4.69, 9.17) is 9.47 Å². The molecule has 0 amide bonds. The van der Waals surface area contributed by atoms with Crippen molar-refractivity contribution in [3.63, 3.8) is 0 Å². The zero-order chi connectivity index (χ0) is 15.3. The maximum Gasteiger partial charge on any atom is 0.334 e. The normalized spacial score (nSPS) is 38.4. The van der Waals surface area contributed by atoms with Crippen molar-refractivity contribution in [2.24, 2.45) is 17.8 Å². The van der Waals surface area contributed by atoms with Gasteiger partial charge in [0, 0.05) is 18.4 Å². The second-order valence-electron chi connectivity index (χ2n) is 6.62. The number of ether oxygens (including phenoxy) is 2. The maximum atomic E-state index is 11.8. The van der Waals surface area contributed by atoms with E-state index >= 15 is 0 Å². The van der Waals surface area contributed by atoms with Crippen molar-refractivity contribution in [2.45, 2.75) is 52.7 Å². The van der Waals surface area contributed by atoms with Gasteiger partial charge < -0.3 is 9.47 Å². The van der Waals surface area contributed by atoms with E-state index in [9.17, 15) is 9.59 Å². The molecular weight excluding hydrogens is 268 g/mol. The number of carbonyl (C=O) groups is 2. The third-order valence-corrected chi connectivity index (χ3v) is 5.22. The van der Waals surface area contributed by atoms with Gasteiger partial charge in [-0.25, -0.2) is 4.79 Å². The van der Waals surface area contributed by atoms with E-state index in [2.05, 4.69) is 13.0 Å². The lowest BCUT2D eigenvalue weighted by Gasteiger charge is -2.43. The van der Waals surface area contributed by atoms with Crippen LogP contribution in [0.5, 0.6) is 0 Å². The standard InChI is InChI=1S/C17H22O4/c1-8-6-15-16(10(3)17(19)21-15)13-5-9(2)14(7-12(8)13)20-11(4)18/h5,8,12-15H,6-7H2,1-4H3/t8-,12+,13+,14-,15+/m1/s1. The first-order valence-corrected chi connectivity index (χ1v) is 7.65. The Kier molecular flexibility index (Phi) is 3.42. The fourth-order valence-electron chi connectivity index (χ4n) is 4.13. The van der Waals surface area contributed by atoms with Crippen molar-refractivity contribution in [3.8, 4) is 0 Å². The summed E-state index contributed by atoms with van der Waals surface area (Å²) < 4.78 is 10.9. The Balaban J connectivity index is 1.96. The Morgan fingerprint density at radius 1 is 1.33 bits per heavy atom. The molecule has 0 radical (unpaired) electrons. The summed E-state index contributed by atoms with van der Waals surface area (Å²) in [6, 6.07) is 0. The molecule has 2 aliphatic carbocycles. The van der Waals surface area contributed by atoms with Crippen molar-refractivity contribution < 1.29 is 19.1 Å². The van der Waals surface area contributed by atoms with Crippen LogP contribution in [0.4, 0.5) is 0 Å². The Morgan fingerprint density at radius 2 is 2.05 bits per heavy atom. The first-order valence-electron chi connectivity index (χ1n) is 7.65. The molecule has 3 rings (SSSR count). The Morgan fingerprint density at radius 3 is 2.71 bits per heavy atom. The van der Waals surface area contributed by atoms with Crippen molar-refractivity contribution in [1.82, 2.24) is 0 Å². The number of allylic oxidation sites excluding steroid dienone is 1. The first-order chi connectivity index (χ1) is 9.88. The van der Waals surface area contributed by atoms with E-state index in [0.29, 0.717) is 11.8 Å². The van der Waals surface area contributed by atoms with Gasteiger partial charge in [-0.15, -0.1) is 0 Å². The molecule has 4 heteroatoms. The summed E-state index contributed by atoms with van der Waals surface area (Å²) in [5, 5.41) is 0. The van der Waals surface area contributed by atoms with E-state index in [1.807, 2.05) is 13.8 Å². The van der Waals surface area contributed by atoms with Crippen LogP contribution in [-0.2, 0) is 19.1 Å². The molecule has 0 bridgehead atoms. The monoisotopic (exact) mass is 290 g/mol. The molecular formula is C17H22O4. The quantitative estimate of drug-likeness (QED) is 0.550. The molecule has 114 valence electrons. The van der Waals surface area contributed by atoms with Gasteiger partial charge in [0.15, 0.2) is 0 Å². The summed E-state index contributed by atoms with van der Waals surface area (Å²) in [4.78, 5) is 23.1. The summed E-state index contributed by atoms with van der Waals surface area (Å²) in [6.07, 6.45) is 3.72. The van der Waals surface area contributed by atoms with Gasteiger partial charge in [0.05, 0.1) is 0 Å². The van der Waals surface area contributed by atoms with Crippen LogP contribution in [0.25, 0.3) is 0 Å². The van der Waals surface area contributed by atoms with Gasteiger partial charge in [0.2, 0.25) is 0 Å². The second-order valence-corrected chi connectivity index (χ2v) is 6.62. The lowest BCUT2D eigenvalue weighted by molar-refractivity contribution is -0.147. The molecule has 1 heterocycles. The molecule has 1 aliphatic heterocycles. The number of rotatable bonds is 1. The average Bonchev–Trinajstić information content (AvgIpc) is 2.66. The number of carbonyl (C=O) groups excluding carboxylic acids is 2. The molecule has 1 saturated carbocycles. The predicted molar refractivity (Wildman–Crippen MR) is 77.3 cm³/mol. The molecule has 1 fully saturated rings. The Bertz CT molecular complexity index is 557. The van der Waals surface area contributed by atoms with Gasteiger partial charge in [-0.1, -0.05) is 13.0 Å². The minimum absolute atomic E-state index is 0.0527. The Labute approximate surface area is 125 Å². The second kappa shape index (κ2) is 5.00. The average molecular weight is 290 g/mol. The predicted octanol–water partition coefficient (Wildman–Crippen LogP) is 2.78. The highest BCUT2D eigenvalue weighted by Gasteiger charge is 2.47. The highest BCUT2D eigenvalue weighted by Crippen LogP contribution is 2.49. The summed E-state index contributed by atoms with van der Waals surface area (Å²) >= 11 is 0. The summed E-state index contributed by atoms with van der Waals surface area (Å²) in [7, 11) is 0. The van der Waals surface area contributed by atoms with Gasteiger partial charge in [0.1, 0.15) is 12.2 Å². The van der Waals surface area contributed by atoms with Gasteiger partial charge in [0.25, 0.3) is 0 Å². The smallest absolute Gasteiger partial charge is 0.334 e. The number of hydrogen-bond acceptors (Lipinski definition) is 4. The van der Waals surface area contributed by atoms with E-state index < -0.39 is 0 Å². The van der Waals surface area contributed by atoms with Crippen molar-refractivity contribution in [1.29, 1.82) is 0 Å². The van der Waals surface area contributed by atoms with Gasteiger partial charge in [-0.2, -0.15) is 0 Å². The fourth-order valence-corrected chi connectivity index (χ4v) is 4.13. The molecule has 0 saturated heterocycles. The molecule has 0 unspecified atom stereocenters. The largest absolute Gasteiger partial charge is 0.458 e. The first kappa shape index (κ1) is 14.4. The highest BCUT2D eigenvalue weighted by atomic mass is 16.6. The van der Waals surface area contributed by atoms with Crippen LogP contribution >= 0.6 is 0 Å². The van der Waals surface area contributed by atoms with Gasteiger partial charge >= 0.3 is 11.9 Å². The zero-order valence-corrected chi connectivity index (χ0v) is 13.0. The number of fused-ring (bicyclic) bond motifs is 3. The molecule has 0 aromatic rings. The molecule has 21 heavy (non-hydrogen) atoms. The summed E-state index contributed by atoms with van der Waals surface area (Å²) in [5.74, 6) is 0.703. The molecule has 0 aromatic heterocycles. The SMILES string of the molecule is CC(=O)O[C@@H]1C[C@H]2[C@H](C)C[C@@H]3OC(=O)C(C)=C3[C@H]2C=C1C. The third-order valence-electron chi connectivity index (χ3n) is 5.22. The molecule has 0 spiro atoms. The minimum atomic E-state index is -0.234. The third kappa shape index (κ3) is 2.30. The van der Waals surface area contributed by atoms with Crippen molar-refractivity contribution in [3.05, 3.63) is 22.8 Å². The maximum absolute atomic E-state index is 11.8. The topological polar surface area (TPSA) is 52.6 Å². The van der Waals surface area contributed by atoms with Crippen LogP contribution in [0.15, 0.2) is 22.8 Å². The van der Waals surface area contributed by atoms with E-state index in [0.717, 1.165) is 29.6 Å². The number of hydrogen-bond donors (Lipinski definition) is 0. The van der Waals surface area contributed by atoms with Crippen LogP contribution in [0.2, 0.25) is 0 Å². The van der Waals surface area contributed by atoms with Crippen LogP contribution in [0.1, 0.15) is 40.5 Å². The van der Waals surface area contributed by atoms with Gasteiger partial charge in [-0.05, 0) is 49.7 Å². The van der Waals surface area contributed by atoms with Crippen LogP contribution < -0.4 is 0 Å². The summed E-state index contributed by atoms with van der Waals surface area (Å²) in [5.41, 5.74) is 3.01. The van der Waals surface area contributed by atoms with E-state index in [-0.39, 0.29) is 30.1 Å². The molecule has 4 nitrogen and oxygen atoms in total. The Hall–Kier alpha value is -1.58. The number of esters is 2. The lowest BCUT2D eigenvalue weighted by atomic mass is 9.63. The van der Waals surface area contributed by atoms with E-state index in [1.165, 1.54) is 6.92 Å². The molecule has 5 atom stereocenters. The highest BCUT2D eigenvalue weighted by molar-refractivity contribution is 5.92. The summed E-state index contributed by atoms with van der Waals surface area (Å²) in [6.45, 7) is 7.53. The molecule has 0 aromatic carbocycles. The molecule has 3 aliphatic rings. The zero-order valence-electron chi connectivity index (χ0n) is 13.0. The van der Waals surface area contributed by atoms with Crippen LogP contribution in [-0.4, -0.2) is 24.1 Å².